The van der Waals surface area contributed by atoms with Crippen LogP contribution < -0.4 is 5.32 Å². The van der Waals surface area contributed by atoms with Crippen LogP contribution in [0.3, 0.4) is 0 Å². The van der Waals surface area contributed by atoms with E-state index in [1.807, 2.05) is 32.0 Å². The second-order valence-corrected chi connectivity index (χ2v) is 7.08. The van der Waals surface area contributed by atoms with Crippen LogP contribution in [-0.4, -0.2) is 29.2 Å². The fourth-order valence-corrected chi connectivity index (χ4v) is 4.45. The second-order valence-electron chi connectivity index (χ2n) is 7.08. The smallest absolute Gasteiger partial charge is 0.244 e. The number of carbonyl (C=O) groups excluding carboxylic acids is 3. The highest BCUT2D eigenvalue weighted by Gasteiger charge is 2.59. The Bertz CT molecular complexity index is 733. The summed E-state index contributed by atoms with van der Waals surface area (Å²) in [6.07, 6.45) is 5.00. The van der Waals surface area contributed by atoms with Crippen molar-refractivity contribution in [3.8, 4) is 0 Å². The number of fused-ring (bicyclic) bond motifs is 5. The van der Waals surface area contributed by atoms with E-state index in [4.69, 9.17) is 0 Å². The molecule has 24 heavy (non-hydrogen) atoms. The van der Waals surface area contributed by atoms with Crippen molar-refractivity contribution >= 4 is 23.4 Å². The molecule has 2 fully saturated rings. The molecular formula is C19H20N2O3. The molecule has 3 aliphatic rings. The maximum atomic E-state index is 12.6. The summed E-state index contributed by atoms with van der Waals surface area (Å²) in [6.45, 7) is 3.64. The van der Waals surface area contributed by atoms with E-state index in [1.165, 1.54) is 0 Å². The minimum Gasteiger partial charge on any atom is -0.324 e. The van der Waals surface area contributed by atoms with Crippen LogP contribution in [0.15, 0.2) is 30.4 Å². The number of allylic oxidation sites excluding steroid dienone is 2. The first kappa shape index (κ1) is 15.1. The third kappa shape index (κ3) is 2.11. The highest BCUT2D eigenvalue weighted by molar-refractivity contribution is 6.09. The van der Waals surface area contributed by atoms with Crippen LogP contribution in [0.25, 0.3) is 0 Å². The van der Waals surface area contributed by atoms with Crippen molar-refractivity contribution in [2.75, 3.05) is 11.9 Å². The molecule has 0 radical (unpaired) electrons. The molecule has 4 atom stereocenters. The van der Waals surface area contributed by atoms with Crippen molar-refractivity contribution in [1.29, 1.82) is 0 Å². The number of nitrogens with zero attached hydrogens (tertiary/aromatic N) is 1. The van der Waals surface area contributed by atoms with Gasteiger partial charge < -0.3 is 5.32 Å². The molecule has 5 heteroatoms. The summed E-state index contributed by atoms with van der Waals surface area (Å²) in [5.74, 6) is -0.848. The lowest BCUT2D eigenvalue weighted by atomic mass is 9.85. The lowest BCUT2D eigenvalue weighted by Crippen LogP contribution is -2.39. The predicted octanol–water partition coefficient (Wildman–Crippen LogP) is 2.05. The van der Waals surface area contributed by atoms with E-state index in [1.54, 1.807) is 0 Å². The van der Waals surface area contributed by atoms with Crippen molar-refractivity contribution in [3.05, 3.63) is 41.5 Å². The summed E-state index contributed by atoms with van der Waals surface area (Å²) < 4.78 is 0. The lowest BCUT2D eigenvalue weighted by molar-refractivity contribution is -0.143. The Morgan fingerprint density at radius 2 is 1.62 bits per heavy atom. The molecule has 4 unspecified atom stereocenters. The van der Waals surface area contributed by atoms with E-state index in [2.05, 4.69) is 17.5 Å². The van der Waals surface area contributed by atoms with E-state index < -0.39 is 0 Å². The highest BCUT2D eigenvalue weighted by Crippen LogP contribution is 2.52. The van der Waals surface area contributed by atoms with Crippen molar-refractivity contribution in [1.82, 2.24) is 4.90 Å². The van der Waals surface area contributed by atoms with Crippen molar-refractivity contribution in [2.45, 2.75) is 20.3 Å². The summed E-state index contributed by atoms with van der Waals surface area (Å²) in [4.78, 5) is 38.7. The molecule has 0 aromatic heterocycles. The van der Waals surface area contributed by atoms with Crippen molar-refractivity contribution in [3.63, 3.8) is 0 Å². The van der Waals surface area contributed by atoms with Gasteiger partial charge in [0.25, 0.3) is 0 Å². The molecular weight excluding hydrogens is 304 g/mol. The van der Waals surface area contributed by atoms with Crippen LogP contribution in [0, 0.1) is 37.5 Å². The number of hydrogen-bond acceptors (Lipinski definition) is 3. The topological polar surface area (TPSA) is 66.5 Å². The maximum Gasteiger partial charge on any atom is 0.244 e. The number of carbonyl (C=O) groups is 3. The fourth-order valence-electron chi connectivity index (χ4n) is 4.45. The van der Waals surface area contributed by atoms with Crippen LogP contribution >= 0.6 is 0 Å². The Morgan fingerprint density at radius 3 is 2.17 bits per heavy atom. The van der Waals surface area contributed by atoms with E-state index >= 15 is 0 Å². The van der Waals surface area contributed by atoms with Crippen LogP contribution in [-0.2, 0) is 14.4 Å². The summed E-state index contributed by atoms with van der Waals surface area (Å²) in [5, 5.41) is 2.85. The number of benzene rings is 1. The summed E-state index contributed by atoms with van der Waals surface area (Å²) >= 11 is 0. The average Bonchev–Trinajstić information content (AvgIpc) is 3.21. The quantitative estimate of drug-likeness (QED) is 0.683. The molecule has 3 amide bonds. The molecule has 1 saturated heterocycles. The first-order valence-corrected chi connectivity index (χ1v) is 8.37. The number of likely N-dealkylation sites (tertiary alicyclic amines) is 1. The zero-order chi connectivity index (χ0) is 17.0. The number of para-hydroxylation sites is 1. The Morgan fingerprint density at radius 1 is 1.08 bits per heavy atom. The molecule has 2 bridgehead atoms. The molecule has 1 aromatic rings. The van der Waals surface area contributed by atoms with Gasteiger partial charge >= 0.3 is 0 Å². The minimum atomic E-state index is -0.325. The third-order valence-corrected chi connectivity index (χ3v) is 5.61. The van der Waals surface area contributed by atoms with Crippen LogP contribution in [0.4, 0.5) is 5.69 Å². The largest absolute Gasteiger partial charge is 0.324 e. The van der Waals surface area contributed by atoms with E-state index in [9.17, 15) is 14.4 Å². The zero-order valence-corrected chi connectivity index (χ0v) is 13.8. The fraction of sp³-hybridized carbons (Fsp3) is 0.421. The number of imide groups is 1. The number of nitrogens with one attached hydrogen (secondary N) is 1. The molecule has 5 nitrogen and oxygen atoms in total. The van der Waals surface area contributed by atoms with Crippen molar-refractivity contribution < 1.29 is 14.4 Å². The molecule has 1 N–H and O–H groups in total. The Hall–Kier alpha value is -2.43. The molecule has 1 aliphatic heterocycles. The number of rotatable bonds is 3. The van der Waals surface area contributed by atoms with E-state index in [0.29, 0.717) is 0 Å². The van der Waals surface area contributed by atoms with Gasteiger partial charge in [0.15, 0.2) is 0 Å². The number of amides is 3. The first-order chi connectivity index (χ1) is 11.5. The van der Waals surface area contributed by atoms with Gasteiger partial charge in [-0.2, -0.15) is 0 Å². The Kier molecular flexibility index (Phi) is 3.34. The summed E-state index contributed by atoms with van der Waals surface area (Å²) in [7, 11) is 0. The number of aryl methyl sites for hydroxylation is 2. The van der Waals surface area contributed by atoms with E-state index in [-0.39, 0.29) is 47.9 Å². The van der Waals surface area contributed by atoms with Crippen LogP contribution in [0.5, 0.6) is 0 Å². The Labute approximate surface area is 140 Å². The van der Waals surface area contributed by atoms with Gasteiger partial charge in [-0.15, -0.1) is 0 Å². The van der Waals surface area contributed by atoms with Gasteiger partial charge in [0.2, 0.25) is 17.7 Å². The molecule has 1 saturated carbocycles. The van der Waals surface area contributed by atoms with Gasteiger partial charge in [-0.3, -0.25) is 19.3 Å². The van der Waals surface area contributed by atoms with Gasteiger partial charge in [0.05, 0.1) is 11.8 Å². The van der Waals surface area contributed by atoms with E-state index in [0.717, 1.165) is 28.1 Å². The van der Waals surface area contributed by atoms with Crippen LogP contribution in [0.1, 0.15) is 17.5 Å². The predicted molar refractivity (Wildman–Crippen MR) is 89.0 cm³/mol. The first-order valence-electron chi connectivity index (χ1n) is 8.37. The monoisotopic (exact) mass is 324 g/mol. The second kappa shape index (κ2) is 5.30. The number of hydrogen-bond donors (Lipinski definition) is 1. The lowest BCUT2D eigenvalue weighted by Gasteiger charge is -2.18. The van der Waals surface area contributed by atoms with Gasteiger partial charge in [0, 0.05) is 5.69 Å². The summed E-state index contributed by atoms with van der Waals surface area (Å²) in [5.41, 5.74) is 2.67. The minimum absolute atomic E-state index is 0.170. The van der Waals surface area contributed by atoms with Gasteiger partial charge in [-0.05, 0) is 43.2 Å². The van der Waals surface area contributed by atoms with Crippen LogP contribution in [0.2, 0.25) is 0 Å². The molecule has 1 aromatic carbocycles. The third-order valence-electron chi connectivity index (χ3n) is 5.61. The SMILES string of the molecule is Cc1cccc(C)c1NC(=O)CN1C(=O)C2C3C=CC(C3)C2C1=O. The number of anilines is 1. The van der Waals surface area contributed by atoms with Gasteiger partial charge in [-0.25, -0.2) is 0 Å². The van der Waals surface area contributed by atoms with Gasteiger partial charge in [-0.1, -0.05) is 30.4 Å². The zero-order valence-electron chi connectivity index (χ0n) is 13.8. The Balaban J connectivity index is 1.49. The van der Waals surface area contributed by atoms with Gasteiger partial charge in [0.1, 0.15) is 6.54 Å². The molecule has 124 valence electrons. The molecule has 0 spiro atoms. The van der Waals surface area contributed by atoms with Crippen molar-refractivity contribution in [2.24, 2.45) is 23.7 Å². The average molecular weight is 324 g/mol. The molecule has 2 aliphatic carbocycles. The standard InChI is InChI=1S/C19H20N2O3/c1-10-4-3-5-11(2)17(10)20-14(22)9-21-18(23)15-12-6-7-13(8-12)16(15)19(21)24/h3-7,12-13,15-16H,8-9H2,1-2H3,(H,20,22). The highest BCUT2D eigenvalue weighted by atomic mass is 16.2. The molecule has 4 rings (SSSR count). The molecule has 1 heterocycles. The normalized spacial score (nSPS) is 30.2. The summed E-state index contributed by atoms with van der Waals surface area (Å²) in [6, 6.07) is 5.77. The maximum absolute atomic E-state index is 12.6.